The molecule has 4 N–H and O–H groups in total. The average Bonchev–Trinajstić information content (AvgIpc) is 2.42. The Morgan fingerprint density at radius 1 is 1.27 bits per heavy atom. The molecule has 0 spiro atoms. The first-order valence-corrected chi connectivity index (χ1v) is 7.52. The van der Waals surface area contributed by atoms with Crippen molar-refractivity contribution in [3.8, 4) is 0 Å². The Hall–Kier alpha value is -1.96. The van der Waals surface area contributed by atoms with Crippen LogP contribution >= 0.6 is 0 Å². The van der Waals surface area contributed by atoms with Crippen LogP contribution in [0.15, 0.2) is 0 Å². The summed E-state index contributed by atoms with van der Waals surface area (Å²) >= 11 is 0. The number of amides is 1. The molecule has 1 aliphatic heterocycles. The Labute approximate surface area is 130 Å². The van der Waals surface area contributed by atoms with E-state index < -0.39 is 0 Å². The van der Waals surface area contributed by atoms with Crippen LogP contribution in [0, 0.1) is 5.92 Å². The number of primary amides is 1. The fourth-order valence-electron chi connectivity index (χ4n) is 3.00. The minimum Gasteiger partial charge on any atom is -0.369 e. The van der Waals surface area contributed by atoms with Crippen LogP contribution in [0.1, 0.15) is 32.5 Å². The second-order valence-electron chi connectivity index (χ2n) is 6.15. The summed E-state index contributed by atoms with van der Waals surface area (Å²) < 4.78 is 0. The summed E-state index contributed by atoms with van der Waals surface area (Å²) in [5, 5.41) is 0. The number of likely N-dealkylation sites (tertiary alicyclic amines) is 1. The number of hydrogen-bond donors (Lipinski definition) is 2. The minimum absolute atomic E-state index is 0.0574. The molecular weight excluding hydrogens is 282 g/mol. The number of rotatable bonds is 4. The molecule has 8 nitrogen and oxygen atoms in total. The molecule has 0 saturated carbocycles. The van der Waals surface area contributed by atoms with Gasteiger partial charge < -0.3 is 16.4 Å². The monoisotopic (exact) mass is 307 g/mol. The standard InChI is InChI=1S/C14H25N7O/c1-8-5-6-10(12(15)22)9(2)21(8)7-11-17-13(16)19-14(18-11)20(3)4/h8-10H,5-7H2,1-4H3,(H2,15,22)(H2,16,17,18,19). The van der Waals surface area contributed by atoms with Gasteiger partial charge in [0.05, 0.1) is 12.5 Å². The second kappa shape index (κ2) is 6.43. The zero-order valence-corrected chi connectivity index (χ0v) is 13.7. The van der Waals surface area contributed by atoms with Gasteiger partial charge in [0.15, 0.2) is 0 Å². The van der Waals surface area contributed by atoms with Crippen molar-refractivity contribution in [3.05, 3.63) is 5.82 Å². The van der Waals surface area contributed by atoms with E-state index in [1.165, 1.54) is 0 Å². The molecule has 1 saturated heterocycles. The quantitative estimate of drug-likeness (QED) is 0.804. The Kier molecular flexibility index (Phi) is 4.80. The van der Waals surface area contributed by atoms with Crippen molar-refractivity contribution in [2.75, 3.05) is 24.7 Å². The van der Waals surface area contributed by atoms with Gasteiger partial charge in [-0.05, 0) is 26.7 Å². The Bertz CT molecular complexity index is 548. The van der Waals surface area contributed by atoms with E-state index in [0.717, 1.165) is 12.8 Å². The molecule has 0 bridgehead atoms. The van der Waals surface area contributed by atoms with E-state index >= 15 is 0 Å². The zero-order chi connectivity index (χ0) is 16.4. The second-order valence-corrected chi connectivity index (χ2v) is 6.15. The number of carbonyl (C=O) groups excluding carboxylic acids is 1. The SMILES string of the molecule is CC1CCC(C(N)=O)C(C)N1Cc1nc(N)nc(N(C)C)n1. The predicted molar refractivity (Wildman–Crippen MR) is 85.0 cm³/mol. The van der Waals surface area contributed by atoms with Gasteiger partial charge in [-0.2, -0.15) is 15.0 Å². The third kappa shape index (κ3) is 3.44. The lowest BCUT2D eigenvalue weighted by Crippen LogP contribution is -2.51. The van der Waals surface area contributed by atoms with Crippen LogP contribution in [-0.4, -0.2) is 51.9 Å². The molecule has 1 fully saturated rings. The van der Waals surface area contributed by atoms with Crippen LogP contribution in [0.4, 0.5) is 11.9 Å². The number of hydrogen-bond acceptors (Lipinski definition) is 7. The summed E-state index contributed by atoms with van der Waals surface area (Å²) in [7, 11) is 3.71. The zero-order valence-electron chi connectivity index (χ0n) is 13.7. The molecule has 122 valence electrons. The van der Waals surface area contributed by atoms with Crippen molar-refractivity contribution < 1.29 is 4.79 Å². The molecule has 1 amide bonds. The lowest BCUT2D eigenvalue weighted by Gasteiger charge is -2.42. The lowest BCUT2D eigenvalue weighted by molar-refractivity contribution is -0.126. The Morgan fingerprint density at radius 2 is 1.95 bits per heavy atom. The molecule has 3 unspecified atom stereocenters. The fraction of sp³-hybridized carbons (Fsp3) is 0.714. The van der Waals surface area contributed by atoms with Crippen molar-refractivity contribution >= 4 is 17.8 Å². The number of nitrogens with two attached hydrogens (primary N) is 2. The molecule has 8 heteroatoms. The van der Waals surface area contributed by atoms with Crippen molar-refractivity contribution in [2.24, 2.45) is 11.7 Å². The first-order chi connectivity index (χ1) is 10.3. The number of anilines is 2. The predicted octanol–water partition coefficient (Wildman–Crippen LogP) is -0.00590. The highest BCUT2D eigenvalue weighted by Crippen LogP contribution is 2.29. The first-order valence-electron chi connectivity index (χ1n) is 7.52. The molecule has 1 aliphatic rings. The molecule has 1 aromatic heterocycles. The van der Waals surface area contributed by atoms with Crippen LogP contribution in [0.3, 0.4) is 0 Å². The number of aromatic nitrogens is 3. The molecule has 0 aliphatic carbocycles. The maximum absolute atomic E-state index is 11.6. The molecule has 2 rings (SSSR count). The van der Waals surface area contributed by atoms with Crippen LogP contribution in [0.5, 0.6) is 0 Å². The van der Waals surface area contributed by atoms with Crippen LogP contribution in [-0.2, 0) is 11.3 Å². The third-order valence-electron chi connectivity index (χ3n) is 4.34. The molecule has 0 radical (unpaired) electrons. The first kappa shape index (κ1) is 16.4. The lowest BCUT2D eigenvalue weighted by atomic mass is 9.86. The van der Waals surface area contributed by atoms with E-state index in [4.69, 9.17) is 11.5 Å². The number of nitrogen functional groups attached to an aromatic ring is 1. The minimum atomic E-state index is -0.242. The molecule has 22 heavy (non-hydrogen) atoms. The van der Waals surface area contributed by atoms with Crippen molar-refractivity contribution in [3.63, 3.8) is 0 Å². The summed E-state index contributed by atoms with van der Waals surface area (Å²) in [6.45, 7) is 4.70. The van der Waals surface area contributed by atoms with E-state index in [-0.39, 0.29) is 23.8 Å². The topological polar surface area (TPSA) is 114 Å². The number of carbonyl (C=O) groups is 1. The van der Waals surface area contributed by atoms with Crippen LogP contribution < -0.4 is 16.4 Å². The maximum atomic E-state index is 11.6. The van der Waals surface area contributed by atoms with Gasteiger partial charge in [0.25, 0.3) is 0 Å². The van der Waals surface area contributed by atoms with Crippen LogP contribution in [0.2, 0.25) is 0 Å². The maximum Gasteiger partial charge on any atom is 0.229 e. The van der Waals surface area contributed by atoms with E-state index in [1.54, 1.807) is 4.90 Å². The summed E-state index contributed by atoms with van der Waals surface area (Å²) in [6, 6.07) is 0.397. The van der Waals surface area contributed by atoms with Gasteiger partial charge in [0.2, 0.25) is 17.8 Å². The van der Waals surface area contributed by atoms with Crippen molar-refractivity contribution in [1.29, 1.82) is 0 Å². The summed E-state index contributed by atoms with van der Waals surface area (Å²) in [5.41, 5.74) is 11.3. The van der Waals surface area contributed by atoms with E-state index in [0.29, 0.717) is 24.4 Å². The summed E-state index contributed by atoms with van der Waals surface area (Å²) in [5.74, 6) is 0.973. The summed E-state index contributed by atoms with van der Waals surface area (Å²) in [6.07, 6.45) is 1.76. The highest BCUT2D eigenvalue weighted by molar-refractivity contribution is 5.77. The van der Waals surface area contributed by atoms with Gasteiger partial charge in [0, 0.05) is 26.2 Å². The Balaban J connectivity index is 2.22. The molecule has 0 aromatic carbocycles. The normalized spacial score (nSPS) is 25.9. The van der Waals surface area contributed by atoms with Crippen molar-refractivity contribution in [2.45, 2.75) is 45.3 Å². The molecule has 3 atom stereocenters. The molecule has 1 aromatic rings. The van der Waals surface area contributed by atoms with Gasteiger partial charge in [-0.1, -0.05) is 0 Å². The van der Waals surface area contributed by atoms with Crippen molar-refractivity contribution in [1.82, 2.24) is 19.9 Å². The van der Waals surface area contributed by atoms with Gasteiger partial charge in [-0.25, -0.2) is 0 Å². The average molecular weight is 307 g/mol. The Morgan fingerprint density at radius 3 is 2.55 bits per heavy atom. The highest BCUT2D eigenvalue weighted by atomic mass is 16.1. The van der Waals surface area contributed by atoms with Gasteiger partial charge in [-0.3, -0.25) is 9.69 Å². The van der Waals surface area contributed by atoms with Crippen LogP contribution in [0.25, 0.3) is 0 Å². The highest BCUT2D eigenvalue weighted by Gasteiger charge is 2.35. The van der Waals surface area contributed by atoms with Gasteiger partial charge >= 0.3 is 0 Å². The summed E-state index contributed by atoms with van der Waals surface area (Å²) in [4.78, 5) is 28.3. The van der Waals surface area contributed by atoms with E-state index in [1.807, 2.05) is 21.0 Å². The third-order valence-corrected chi connectivity index (χ3v) is 4.34. The van der Waals surface area contributed by atoms with E-state index in [2.05, 4.69) is 26.8 Å². The van der Waals surface area contributed by atoms with Gasteiger partial charge in [-0.15, -0.1) is 0 Å². The fourth-order valence-corrected chi connectivity index (χ4v) is 3.00. The number of nitrogens with zero attached hydrogens (tertiary/aromatic N) is 5. The number of piperidine rings is 1. The largest absolute Gasteiger partial charge is 0.369 e. The molecule has 2 heterocycles. The molecular formula is C14H25N7O. The van der Waals surface area contributed by atoms with Gasteiger partial charge in [0.1, 0.15) is 5.82 Å². The smallest absolute Gasteiger partial charge is 0.229 e. The van der Waals surface area contributed by atoms with E-state index in [9.17, 15) is 4.79 Å².